The zero-order chi connectivity index (χ0) is 23.3. The summed E-state index contributed by atoms with van der Waals surface area (Å²) < 4.78 is 44.5. The lowest BCUT2D eigenvalue weighted by Gasteiger charge is -2.39. The van der Waals surface area contributed by atoms with Crippen molar-refractivity contribution in [3.05, 3.63) is 59.7 Å². The van der Waals surface area contributed by atoms with Crippen molar-refractivity contribution in [3.8, 4) is 5.75 Å². The number of halogens is 3. The summed E-state index contributed by atoms with van der Waals surface area (Å²) in [4.78, 5) is 4.60. The first kappa shape index (κ1) is 24.4. The molecule has 1 unspecified atom stereocenters. The van der Waals surface area contributed by atoms with Crippen molar-refractivity contribution in [2.75, 3.05) is 45.2 Å². The van der Waals surface area contributed by atoms with Crippen LogP contribution in [0.15, 0.2) is 48.5 Å². The van der Waals surface area contributed by atoms with Crippen LogP contribution in [0.3, 0.4) is 0 Å². The Balaban J connectivity index is 1.72. The minimum absolute atomic E-state index is 0.278. The highest BCUT2D eigenvalue weighted by Crippen LogP contribution is 2.35. The highest BCUT2D eigenvalue weighted by atomic mass is 19.4. The Morgan fingerprint density at radius 3 is 2.28 bits per heavy atom. The fourth-order valence-corrected chi connectivity index (χ4v) is 4.41. The zero-order valence-electron chi connectivity index (χ0n) is 19.5. The Hall–Kier alpha value is -2.21. The molecule has 32 heavy (non-hydrogen) atoms. The summed E-state index contributed by atoms with van der Waals surface area (Å²) in [5.74, 6) is 1.77. The summed E-state index contributed by atoms with van der Waals surface area (Å²) >= 11 is 0. The van der Waals surface area contributed by atoms with E-state index in [-0.39, 0.29) is 5.92 Å². The van der Waals surface area contributed by atoms with Gasteiger partial charge in [-0.05, 0) is 66.8 Å². The first-order valence-corrected chi connectivity index (χ1v) is 11.5. The quantitative estimate of drug-likeness (QED) is 0.471. The molecule has 0 amide bonds. The molecule has 0 aromatic heterocycles. The van der Waals surface area contributed by atoms with Crippen LogP contribution in [0.2, 0.25) is 0 Å². The van der Waals surface area contributed by atoms with Crippen LogP contribution in [0, 0.1) is 11.8 Å². The number of ether oxygens (including phenoxy) is 1. The van der Waals surface area contributed by atoms with Crippen LogP contribution >= 0.6 is 0 Å². The smallest absolute Gasteiger partial charge is 0.416 e. The number of hydrogen-bond acceptors (Lipinski definition) is 3. The predicted molar refractivity (Wildman–Crippen MR) is 124 cm³/mol. The Kier molecular flexibility index (Phi) is 8.10. The van der Waals surface area contributed by atoms with E-state index in [9.17, 15) is 13.2 Å². The van der Waals surface area contributed by atoms with Gasteiger partial charge in [-0.15, -0.1) is 0 Å². The number of likely N-dealkylation sites (tertiary alicyclic amines) is 1. The molecule has 1 fully saturated rings. The second-order valence-corrected chi connectivity index (χ2v) is 9.25. The zero-order valence-corrected chi connectivity index (χ0v) is 19.5. The molecule has 2 aromatic rings. The molecule has 0 radical (unpaired) electrons. The van der Waals surface area contributed by atoms with Gasteiger partial charge in [0.25, 0.3) is 0 Å². The van der Waals surface area contributed by atoms with E-state index in [0.717, 1.165) is 44.6 Å². The number of alkyl halides is 3. The van der Waals surface area contributed by atoms with E-state index < -0.39 is 11.7 Å². The average molecular weight is 449 g/mol. The highest BCUT2D eigenvalue weighted by Gasteiger charge is 2.32. The fourth-order valence-electron chi connectivity index (χ4n) is 4.41. The van der Waals surface area contributed by atoms with Gasteiger partial charge in [0.1, 0.15) is 5.75 Å². The van der Waals surface area contributed by atoms with Crippen molar-refractivity contribution in [2.24, 2.45) is 11.8 Å². The van der Waals surface area contributed by atoms with E-state index >= 15 is 0 Å². The molecule has 3 nitrogen and oxygen atoms in total. The van der Waals surface area contributed by atoms with E-state index in [1.165, 1.54) is 23.4 Å². The normalized spacial score (nSPS) is 20.7. The van der Waals surface area contributed by atoms with Gasteiger partial charge >= 0.3 is 6.18 Å². The molecule has 3 atom stereocenters. The van der Waals surface area contributed by atoms with Crippen LogP contribution < -0.4 is 9.64 Å². The van der Waals surface area contributed by atoms with Crippen LogP contribution in [0.4, 0.5) is 18.9 Å². The molecular weight excluding hydrogens is 413 g/mol. The second-order valence-electron chi connectivity index (χ2n) is 9.25. The number of hydrogen-bond donors (Lipinski definition) is 0. The molecule has 0 N–H and O–H groups in total. The number of nitrogens with zero attached hydrogens (tertiary/aromatic N) is 2. The summed E-state index contributed by atoms with van der Waals surface area (Å²) in [6.07, 6.45) is -2.13. The monoisotopic (exact) mass is 448 g/mol. The molecule has 176 valence electrons. The van der Waals surface area contributed by atoms with Crippen LogP contribution in [-0.4, -0.2) is 45.2 Å². The van der Waals surface area contributed by atoms with Crippen molar-refractivity contribution >= 4 is 5.69 Å². The molecule has 2 aromatic carbocycles. The van der Waals surface area contributed by atoms with Crippen LogP contribution in [0.1, 0.15) is 43.7 Å². The number of benzene rings is 2. The van der Waals surface area contributed by atoms with Crippen molar-refractivity contribution < 1.29 is 17.9 Å². The van der Waals surface area contributed by atoms with Gasteiger partial charge in [-0.1, -0.05) is 32.4 Å². The maximum atomic E-state index is 12.8. The maximum Gasteiger partial charge on any atom is 0.416 e. The third-order valence-corrected chi connectivity index (χ3v) is 6.57. The maximum absolute atomic E-state index is 12.8. The van der Waals surface area contributed by atoms with Gasteiger partial charge in [0.15, 0.2) is 0 Å². The third kappa shape index (κ3) is 6.41. The van der Waals surface area contributed by atoms with Gasteiger partial charge in [0.2, 0.25) is 0 Å². The standard InChI is InChI=1S/C26H35F3N2O/c1-5-19(2)16-31-15-14-25(20-6-10-23(11-7-20)30(3)4)21(17-31)18-32-24-12-8-22(9-13-24)26(27,28)29/h6-13,19,21,25H,5,14-18H2,1-4H3/t19?,21-,25-/m0/s1. The SMILES string of the molecule is CCC(C)CN1CC[C@@H](c2ccc(N(C)C)cc2)[C@H](COc2ccc(C(F)(F)F)cc2)C1. The molecule has 0 saturated carbocycles. The van der Waals surface area contributed by atoms with E-state index in [2.05, 4.69) is 47.9 Å². The number of anilines is 1. The molecule has 0 aliphatic carbocycles. The van der Waals surface area contributed by atoms with E-state index in [1.54, 1.807) is 0 Å². The first-order chi connectivity index (χ1) is 15.2. The van der Waals surface area contributed by atoms with Gasteiger partial charge in [-0.3, -0.25) is 0 Å². The largest absolute Gasteiger partial charge is 0.493 e. The molecule has 6 heteroatoms. The molecule has 0 bridgehead atoms. The lowest BCUT2D eigenvalue weighted by molar-refractivity contribution is -0.137. The molecule has 1 aliphatic heterocycles. The fraction of sp³-hybridized carbons (Fsp3) is 0.538. The summed E-state index contributed by atoms with van der Waals surface area (Å²) in [5.41, 5.74) is 1.82. The predicted octanol–water partition coefficient (Wildman–Crippen LogP) is 6.30. The highest BCUT2D eigenvalue weighted by molar-refractivity contribution is 5.46. The number of piperidine rings is 1. The van der Waals surface area contributed by atoms with Crippen molar-refractivity contribution in [1.82, 2.24) is 4.90 Å². The van der Waals surface area contributed by atoms with Crippen molar-refractivity contribution in [3.63, 3.8) is 0 Å². The Bertz CT molecular complexity index is 834. The molecule has 1 heterocycles. The van der Waals surface area contributed by atoms with Crippen LogP contribution in [0.25, 0.3) is 0 Å². The van der Waals surface area contributed by atoms with Gasteiger partial charge in [0.05, 0.1) is 12.2 Å². The number of rotatable bonds is 8. The van der Waals surface area contributed by atoms with Crippen molar-refractivity contribution in [1.29, 1.82) is 0 Å². The molecule has 0 spiro atoms. The topological polar surface area (TPSA) is 15.7 Å². The van der Waals surface area contributed by atoms with Gasteiger partial charge in [0, 0.05) is 38.8 Å². The van der Waals surface area contributed by atoms with E-state index in [1.807, 2.05) is 14.1 Å². The summed E-state index contributed by atoms with van der Waals surface area (Å²) in [5, 5.41) is 0. The average Bonchev–Trinajstić information content (AvgIpc) is 2.77. The molecule has 3 rings (SSSR count). The van der Waals surface area contributed by atoms with Crippen LogP contribution in [0.5, 0.6) is 5.75 Å². The molecular formula is C26H35F3N2O. The minimum atomic E-state index is -4.33. The molecule has 1 aliphatic rings. The minimum Gasteiger partial charge on any atom is -0.493 e. The summed E-state index contributed by atoms with van der Waals surface area (Å²) in [6.45, 7) is 8.04. The van der Waals surface area contributed by atoms with Crippen LogP contribution in [-0.2, 0) is 6.18 Å². The van der Waals surface area contributed by atoms with Gasteiger partial charge in [-0.2, -0.15) is 13.2 Å². The Morgan fingerprint density at radius 2 is 1.72 bits per heavy atom. The third-order valence-electron chi connectivity index (χ3n) is 6.57. The van der Waals surface area contributed by atoms with Crippen molar-refractivity contribution in [2.45, 2.75) is 38.8 Å². The lowest BCUT2D eigenvalue weighted by atomic mass is 9.80. The first-order valence-electron chi connectivity index (χ1n) is 11.5. The molecule has 1 saturated heterocycles. The summed E-state index contributed by atoms with van der Waals surface area (Å²) in [6, 6.07) is 13.7. The van der Waals surface area contributed by atoms with E-state index in [4.69, 9.17) is 4.74 Å². The Labute approximate surface area is 190 Å². The lowest BCUT2D eigenvalue weighted by Crippen LogP contribution is -2.43. The summed E-state index contributed by atoms with van der Waals surface area (Å²) in [7, 11) is 4.06. The van der Waals surface area contributed by atoms with E-state index in [0.29, 0.717) is 24.2 Å². The van der Waals surface area contributed by atoms with Gasteiger partial charge < -0.3 is 14.5 Å². The second kappa shape index (κ2) is 10.6. The van der Waals surface area contributed by atoms with Gasteiger partial charge in [-0.25, -0.2) is 0 Å². The Morgan fingerprint density at radius 1 is 1.06 bits per heavy atom.